The molecule has 1 saturated heterocycles. The van der Waals surface area contributed by atoms with Crippen LogP contribution in [0.4, 0.5) is 5.69 Å². The predicted octanol–water partition coefficient (Wildman–Crippen LogP) is 3.03. The number of likely N-dealkylation sites (tertiary alicyclic amines) is 1. The van der Waals surface area contributed by atoms with Crippen molar-refractivity contribution in [2.24, 2.45) is 5.41 Å². The lowest BCUT2D eigenvalue weighted by molar-refractivity contribution is -0.117. The molecule has 7 heteroatoms. The fraction of sp³-hybridized carbons (Fsp3) is 0.500. The van der Waals surface area contributed by atoms with Crippen molar-refractivity contribution in [3.63, 3.8) is 0 Å². The molecule has 0 N–H and O–H groups in total. The number of anilines is 1. The molecular weight excluding hydrogens is 392 g/mol. The highest BCUT2D eigenvalue weighted by molar-refractivity contribution is 6.03. The average molecular weight is 421 g/mol. The number of fused-ring (bicyclic) bond motifs is 2. The van der Waals surface area contributed by atoms with Gasteiger partial charge in [-0.25, -0.2) is 0 Å². The molecule has 2 aromatic rings. The third-order valence-electron chi connectivity index (χ3n) is 7.25. The van der Waals surface area contributed by atoms with Crippen molar-refractivity contribution in [3.8, 4) is 0 Å². The Bertz CT molecular complexity index is 1090. The molecule has 0 unspecified atom stereocenters. The molecule has 3 heterocycles. The molecule has 2 aliphatic heterocycles. The first-order chi connectivity index (χ1) is 14.8. The van der Waals surface area contributed by atoms with Crippen molar-refractivity contribution in [3.05, 3.63) is 46.8 Å². The summed E-state index contributed by atoms with van der Waals surface area (Å²) in [6.07, 6.45) is 5.28. The van der Waals surface area contributed by atoms with Crippen molar-refractivity contribution < 1.29 is 14.4 Å². The molecule has 1 fully saturated rings. The number of Topliss-reactive ketones (excluding diaryl/α,β-unsaturated/α-hetero) is 1. The van der Waals surface area contributed by atoms with Gasteiger partial charge in [0.25, 0.3) is 5.91 Å². The molecule has 0 bridgehead atoms. The van der Waals surface area contributed by atoms with Gasteiger partial charge in [-0.1, -0.05) is 6.07 Å². The number of likely N-dealkylation sites (N-methyl/N-ethyl adjacent to an activating group) is 1. The molecule has 0 atom stereocenters. The molecule has 5 rings (SSSR count). The predicted molar refractivity (Wildman–Crippen MR) is 116 cm³/mol. The topological polar surface area (TPSA) is 75.5 Å². The van der Waals surface area contributed by atoms with Gasteiger partial charge in [-0.05, 0) is 56.2 Å². The molecule has 3 aliphatic rings. The van der Waals surface area contributed by atoms with E-state index in [-0.39, 0.29) is 29.1 Å². The van der Waals surface area contributed by atoms with Gasteiger partial charge in [0.05, 0.1) is 12.6 Å². The van der Waals surface area contributed by atoms with Gasteiger partial charge in [0.2, 0.25) is 5.91 Å². The summed E-state index contributed by atoms with van der Waals surface area (Å²) in [5.41, 5.74) is 4.18. The minimum absolute atomic E-state index is 0.000788. The van der Waals surface area contributed by atoms with Crippen molar-refractivity contribution in [1.82, 2.24) is 14.7 Å². The van der Waals surface area contributed by atoms with E-state index < -0.39 is 0 Å². The summed E-state index contributed by atoms with van der Waals surface area (Å²) < 4.78 is 1.85. The highest BCUT2D eigenvalue weighted by atomic mass is 16.2. The summed E-state index contributed by atoms with van der Waals surface area (Å²) in [7, 11) is 1.75. The third-order valence-corrected chi connectivity index (χ3v) is 7.25. The summed E-state index contributed by atoms with van der Waals surface area (Å²) >= 11 is 0. The number of piperidine rings is 1. The first kappa shape index (κ1) is 20.0. The quantitative estimate of drug-likeness (QED) is 0.748. The van der Waals surface area contributed by atoms with E-state index in [1.165, 1.54) is 0 Å². The SMILES string of the molecule is CC(C)n1ncc2c1C(=O)CC1(CCN(C(=O)c3ccc4c(c3)N(C)C(=O)C4)CC1)C2. The zero-order chi connectivity index (χ0) is 21.9. The summed E-state index contributed by atoms with van der Waals surface area (Å²) in [4.78, 5) is 41.6. The van der Waals surface area contributed by atoms with Crippen LogP contribution in [0.3, 0.4) is 0 Å². The number of ketones is 1. The second kappa shape index (κ2) is 7.04. The van der Waals surface area contributed by atoms with Gasteiger partial charge in [-0.2, -0.15) is 5.10 Å². The van der Waals surface area contributed by atoms with E-state index in [9.17, 15) is 14.4 Å². The first-order valence-corrected chi connectivity index (χ1v) is 11.1. The molecule has 1 aromatic carbocycles. The molecule has 7 nitrogen and oxygen atoms in total. The van der Waals surface area contributed by atoms with Crippen LogP contribution < -0.4 is 4.90 Å². The van der Waals surface area contributed by atoms with Crippen molar-refractivity contribution in [1.29, 1.82) is 0 Å². The Morgan fingerprint density at radius 3 is 2.55 bits per heavy atom. The van der Waals surface area contributed by atoms with Crippen LogP contribution in [0.25, 0.3) is 0 Å². The van der Waals surface area contributed by atoms with E-state index in [0.29, 0.717) is 31.5 Å². The normalized spacial score (nSPS) is 19.9. The third kappa shape index (κ3) is 3.18. The molecular formula is C24H28N4O3. The summed E-state index contributed by atoms with van der Waals surface area (Å²) in [5.74, 6) is 0.237. The van der Waals surface area contributed by atoms with E-state index in [0.717, 1.165) is 41.8 Å². The maximum absolute atomic E-state index is 13.1. The van der Waals surface area contributed by atoms with Crippen LogP contribution in [-0.2, 0) is 17.6 Å². The second-order valence-electron chi connectivity index (χ2n) is 9.60. The molecule has 2 amide bonds. The lowest BCUT2D eigenvalue weighted by Crippen LogP contribution is -2.46. The first-order valence-electron chi connectivity index (χ1n) is 11.1. The number of hydrogen-bond acceptors (Lipinski definition) is 4. The number of rotatable bonds is 2. The molecule has 0 saturated carbocycles. The van der Waals surface area contributed by atoms with Crippen molar-refractivity contribution >= 4 is 23.3 Å². The lowest BCUT2D eigenvalue weighted by Gasteiger charge is -2.43. The molecule has 1 aromatic heterocycles. The largest absolute Gasteiger partial charge is 0.339 e. The van der Waals surface area contributed by atoms with Gasteiger partial charge < -0.3 is 9.80 Å². The van der Waals surface area contributed by atoms with Crippen LogP contribution in [0.5, 0.6) is 0 Å². The Hall–Kier alpha value is -2.96. The molecule has 1 aliphatic carbocycles. The van der Waals surface area contributed by atoms with E-state index >= 15 is 0 Å². The lowest BCUT2D eigenvalue weighted by atomic mass is 9.67. The highest BCUT2D eigenvalue weighted by Gasteiger charge is 2.43. The molecule has 162 valence electrons. The fourth-order valence-corrected chi connectivity index (χ4v) is 5.41. The van der Waals surface area contributed by atoms with Crippen LogP contribution in [-0.4, -0.2) is 52.4 Å². The smallest absolute Gasteiger partial charge is 0.253 e. The van der Waals surface area contributed by atoms with Crippen molar-refractivity contribution in [2.45, 2.75) is 52.0 Å². The standard InChI is InChI=1S/C24H28N4O3/c1-15(2)28-22-18(14-25-28)12-24(13-20(22)29)6-8-27(9-7-24)23(31)17-5-4-16-11-21(30)26(3)19(16)10-17/h4-5,10,14-15H,6-9,11-13H2,1-3H3. The van der Waals surface area contributed by atoms with E-state index in [1.807, 2.05) is 47.8 Å². The minimum Gasteiger partial charge on any atom is -0.339 e. The highest BCUT2D eigenvalue weighted by Crippen LogP contribution is 2.44. The van der Waals surface area contributed by atoms with Crippen LogP contribution in [0.2, 0.25) is 0 Å². The Labute approximate surface area is 182 Å². The van der Waals surface area contributed by atoms with Gasteiger partial charge >= 0.3 is 0 Å². The number of nitrogens with zero attached hydrogens (tertiary/aromatic N) is 4. The maximum atomic E-state index is 13.1. The zero-order valence-electron chi connectivity index (χ0n) is 18.4. The summed E-state index contributed by atoms with van der Waals surface area (Å²) in [5, 5.41) is 4.45. The van der Waals surface area contributed by atoms with Crippen LogP contribution in [0, 0.1) is 5.41 Å². The molecule has 31 heavy (non-hydrogen) atoms. The van der Waals surface area contributed by atoms with Crippen LogP contribution >= 0.6 is 0 Å². The Morgan fingerprint density at radius 1 is 1.10 bits per heavy atom. The number of carbonyl (C=O) groups is 3. The van der Waals surface area contributed by atoms with Gasteiger partial charge in [-0.3, -0.25) is 19.1 Å². The Balaban J connectivity index is 1.30. The van der Waals surface area contributed by atoms with E-state index in [2.05, 4.69) is 5.10 Å². The van der Waals surface area contributed by atoms with Crippen LogP contribution in [0.1, 0.15) is 71.1 Å². The summed E-state index contributed by atoms with van der Waals surface area (Å²) in [6.45, 7) is 5.38. The van der Waals surface area contributed by atoms with Gasteiger partial charge in [-0.15, -0.1) is 0 Å². The molecule has 0 radical (unpaired) electrons. The number of carbonyl (C=O) groups excluding carboxylic acids is 3. The number of hydrogen-bond donors (Lipinski definition) is 0. The number of benzene rings is 1. The van der Waals surface area contributed by atoms with Gasteiger partial charge in [0.15, 0.2) is 5.78 Å². The summed E-state index contributed by atoms with van der Waals surface area (Å²) in [6, 6.07) is 5.73. The molecule has 1 spiro atoms. The number of aromatic nitrogens is 2. The van der Waals surface area contributed by atoms with E-state index in [4.69, 9.17) is 0 Å². The van der Waals surface area contributed by atoms with Gasteiger partial charge in [0, 0.05) is 49.4 Å². The minimum atomic E-state index is -0.0731. The Kier molecular flexibility index (Phi) is 4.53. The van der Waals surface area contributed by atoms with Crippen LogP contribution in [0.15, 0.2) is 24.4 Å². The average Bonchev–Trinajstić information content (AvgIpc) is 3.29. The van der Waals surface area contributed by atoms with Crippen molar-refractivity contribution in [2.75, 3.05) is 25.0 Å². The number of amides is 2. The zero-order valence-corrected chi connectivity index (χ0v) is 18.4. The van der Waals surface area contributed by atoms with Gasteiger partial charge in [0.1, 0.15) is 5.69 Å². The maximum Gasteiger partial charge on any atom is 0.253 e. The second-order valence-corrected chi connectivity index (χ2v) is 9.60. The Morgan fingerprint density at radius 2 is 1.84 bits per heavy atom. The van der Waals surface area contributed by atoms with E-state index in [1.54, 1.807) is 11.9 Å². The fourth-order valence-electron chi connectivity index (χ4n) is 5.41. The monoisotopic (exact) mass is 420 g/mol.